The van der Waals surface area contributed by atoms with Crippen molar-refractivity contribution in [1.82, 2.24) is 0 Å². The van der Waals surface area contributed by atoms with Crippen molar-refractivity contribution < 1.29 is 18.4 Å². The van der Waals surface area contributed by atoms with E-state index >= 15 is 0 Å². The highest BCUT2D eigenvalue weighted by Gasteiger charge is 2.23. The van der Waals surface area contributed by atoms with Gasteiger partial charge < -0.3 is 9.05 Å². The molecule has 0 radical (unpaired) electrons. The number of benzene rings is 1. The van der Waals surface area contributed by atoms with E-state index in [-0.39, 0.29) is 11.9 Å². The molecule has 0 fully saturated rings. The first kappa shape index (κ1) is 17.1. The lowest BCUT2D eigenvalue weighted by molar-refractivity contribution is 0.0981. The lowest BCUT2D eigenvalue weighted by Crippen LogP contribution is -2.04. The van der Waals surface area contributed by atoms with Gasteiger partial charge in [0.25, 0.3) is 0 Å². The second kappa shape index (κ2) is 8.35. The zero-order chi connectivity index (χ0) is 15.0. The van der Waals surface area contributed by atoms with Crippen LogP contribution in [0.4, 0.5) is 0 Å². The number of hydrogen-bond donors (Lipinski definition) is 0. The first-order valence-electron chi connectivity index (χ1n) is 6.98. The average Bonchev–Trinajstić information content (AvgIpc) is 2.39. The number of rotatable bonds is 9. The Kier molecular flexibility index (Phi) is 7.14. The Morgan fingerprint density at radius 1 is 1.10 bits per heavy atom. The summed E-state index contributed by atoms with van der Waals surface area (Å²) in [6, 6.07) is 7.47. The Morgan fingerprint density at radius 3 is 2.15 bits per heavy atom. The van der Waals surface area contributed by atoms with Gasteiger partial charge in [0, 0.05) is 12.0 Å². The number of aryl methyl sites for hydroxylation is 1. The zero-order valence-corrected chi connectivity index (χ0v) is 13.3. The third-order valence-electron chi connectivity index (χ3n) is 2.86. The van der Waals surface area contributed by atoms with Gasteiger partial charge in [0.15, 0.2) is 5.78 Å². The van der Waals surface area contributed by atoms with E-state index in [2.05, 4.69) is 0 Å². The first-order valence-corrected chi connectivity index (χ1v) is 8.71. The molecule has 1 aromatic carbocycles. The zero-order valence-electron chi connectivity index (χ0n) is 12.4. The average molecular weight is 298 g/mol. The van der Waals surface area contributed by atoms with Crippen LogP contribution in [0.1, 0.15) is 42.6 Å². The summed E-state index contributed by atoms with van der Waals surface area (Å²) in [4.78, 5) is 12.0. The number of carbonyl (C=O) groups excluding carboxylic acids is 1. The molecule has 0 aliphatic rings. The molecule has 112 valence electrons. The molecular formula is C15H23O4P. The van der Waals surface area contributed by atoms with Crippen LogP contribution in [0.2, 0.25) is 0 Å². The van der Waals surface area contributed by atoms with Gasteiger partial charge in [-0.25, -0.2) is 0 Å². The molecule has 4 nitrogen and oxygen atoms in total. The van der Waals surface area contributed by atoms with Gasteiger partial charge in [-0.1, -0.05) is 29.8 Å². The molecule has 0 unspecified atom stereocenters. The van der Waals surface area contributed by atoms with Crippen LogP contribution in [-0.2, 0) is 13.6 Å². The Labute approximate surface area is 121 Å². The van der Waals surface area contributed by atoms with Gasteiger partial charge in [-0.2, -0.15) is 0 Å². The molecule has 0 bridgehead atoms. The Hall–Kier alpha value is -0.960. The first-order chi connectivity index (χ1) is 9.50. The molecule has 0 aromatic heterocycles. The fourth-order valence-electron chi connectivity index (χ4n) is 1.88. The van der Waals surface area contributed by atoms with Gasteiger partial charge in [0.05, 0.1) is 19.4 Å². The van der Waals surface area contributed by atoms with Crippen molar-refractivity contribution >= 4 is 13.4 Å². The number of Topliss-reactive ketones (excluding diaryl/α,β-unsaturated/α-hetero) is 1. The predicted molar refractivity (Wildman–Crippen MR) is 80.5 cm³/mol. The monoisotopic (exact) mass is 298 g/mol. The smallest absolute Gasteiger partial charge is 0.309 e. The molecular weight excluding hydrogens is 275 g/mol. The highest BCUT2D eigenvalue weighted by Crippen LogP contribution is 2.48. The van der Waals surface area contributed by atoms with Crippen molar-refractivity contribution in [2.24, 2.45) is 0 Å². The summed E-state index contributed by atoms with van der Waals surface area (Å²) in [7, 11) is -3.03. The van der Waals surface area contributed by atoms with Crippen LogP contribution in [0.3, 0.4) is 0 Å². The minimum Gasteiger partial charge on any atom is -0.309 e. The Balaban J connectivity index is 2.48. The van der Waals surface area contributed by atoms with Crippen LogP contribution in [0.25, 0.3) is 0 Å². The van der Waals surface area contributed by atoms with E-state index in [0.29, 0.717) is 31.6 Å². The van der Waals surface area contributed by atoms with E-state index in [4.69, 9.17) is 9.05 Å². The van der Waals surface area contributed by atoms with Gasteiger partial charge >= 0.3 is 7.60 Å². The Bertz CT molecular complexity index is 457. The second-order valence-electron chi connectivity index (χ2n) is 4.56. The lowest BCUT2D eigenvalue weighted by Gasteiger charge is -2.16. The maximum Gasteiger partial charge on any atom is 0.330 e. The van der Waals surface area contributed by atoms with Crippen LogP contribution < -0.4 is 0 Å². The normalized spacial score (nSPS) is 11.6. The summed E-state index contributed by atoms with van der Waals surface area (Å²) >= 11 is 0. The van der Waals surface area contributed by atoms with E-state index in [1.54, 1.807) is 13.8 Å². The van der Waals surface area contributed by atoms with Crippen molar-refractivity contribution in [2.75, 3.05) is 19.4 Å². The third-order valence-corrected chi connectivity index (χ3v) is 5.03. The molecule has 0 amide bonds. The molecule has 1 rings (SSSR count). The molecule has 0 spiro atoms. The largest absolute Gasteiger partial charge is 0.330 e. The summed E-state index contributed by atoms with van der Waals surface area (Å²) < 4.78 is 22.6. The molecule has 1 aromatic rings. The summed E-state index contributed by atoms with van der Waals surface area (Å²) in [6.07, 6.45) is 1.14. The van der Waals surface area contributed by atoms with Crippen LogP contribution in [0, 0.1) is 6.92 Å². The van der Waals surface area contributed by atoms with Gasteiger partial charge in [-0.3, -0.25) is 9.36 Å². The highest BCUT2D eigenvalue weighted by molar-refractivity contribution is 7.53. The van der Waals surface area contributed by atoms with Crippen molar-refractivity contribution in [2.45, 2.75) is 33.6 Å². The molecule has 20 heavy (non-hydrogen) atoms. The molecule has 0 aliphatic heterocycles. The van der Waals surface area contributed by atoms with E-state index in [1.165, 1.54) is 0 Å². The molecule has 0 saturated carbocycles. The molecule has 0 aliphatic carbocycles. The standard InChI is InChI=1S/C15H23O4P/c1-4-18-20(17,19-5-2)12-6-7-15(16)14-10-8-13(3)9-11-14/h8-11H,4-7,12H2,1-3H3. The Morgan fingerprint density at radius 2 is 1.65 bits per heavy atom. The summed E-state index contributed by atoms with van der Waals surface area (Å²) in [5.74, 6) is 0.0598. The van der Waals surface area contributed by atoms with Gasteiger partial charge in [0.2, 0.25) is 0 Å². The number of carbonyl (C=O) groups is 1. The summed E-state index contributed by atoms with van der Waals surface area (Å²) in [6.45, 7) is 6.24. The lowest BCUT2D eigenvalue weighted by atomic mass is 10.1. The minimum absolute atomic E-state index is 0.0598. The van der Waals surface area contributed by atoms with Crippen molar-refractivity contribution in [3.05, 3.63) is 35.4 Å². The van der Waals surface area contributed by atoms with Crippen LogP contribution >= 0.6 is 7.60 Å². The third kappa shape index (κ3) is 5.58. The summed E-state index contributed by atoms with van der Waals surface area (Å²) in [5, 5.41) is 0. The summed E-state index contributed by atoms with van der Waals surface area (Å²) in [5.41, 5.74) is 1.82. The SMILES string of the molecule is CCOP(=O)(CCCC(=O)c1ccc(C)cc1)OCC. The molecule has 0 N–H and O–H groups in total. The van der Waals surface area contributed by atoms with Crippen LogP contribution in [0.5, 0.6) is 0 Å². The van der Waals surface area contributed by atoms with E-state index < -0.39 is 7.60 Å². The van der Waals surface area contributed by atoms with Gasteiger partial charge in [0.1, 0.15) is 0 Å². The quantitative estimate of drug-likeness (QED) is 0.506. The fraction of sp³-hybridized carbons (Fsp3) is 0.533. The molecule has 5 heteroatoms. The predicted octanol–water partition coefficient (Wildman–Crippen LogP) is 4.22. The number of ketones is 1. The fourth-order valence-corrected chi connectivity index (χ4v) is 3.54. The molecule has 0 atom stereocenters. The van der Waals surface area contributed by atoms with Crippen molar-refractivity contribution in [3.8, 4) is 0 Å². The van der Waals surface area contributed by atoms with Crippen LogP contribution in [-0.4, -0.2) is 25.2 Å². The van der Waals surface area contributed by atoms with Gasteiger partial charge in [-0.05, 0) is 27.2 Å². The number of hydrogen-bond acceptors (Lipinski definition) is 4. The van der Waals surface area contributed by atoms with E-state index in [0.717, 1.165) is 5.56 Å². The second-order valence-corrected chi connectivity index (χ2v) is 6.75. The minimum atomic E-state index is -3.03. The van der Waals surface area contributed by atoms with Gasteiger partial charge in [-0.15, -0.1) is 0 Å². The molecule has 0 saturated heterocycles. The van der Waals surface area contributed by atoms with E-state index in [9.17, 15) is 9.36 Å². The maximum atomic E-state index is 12.2. The topological polar surface area (TPSA) is 52.6 Å². The van der Waals surface area contributed by atoms with E-state index in [1.807, 2.05) is 31.2 Å². The van der Waals surface area contributed by atoms with Crippen molar-refractivity contribution in [1.29, 1.82) is 0 Å². The van der Waals surface area contributed by atoms with Crippen LogP contribution in [0.15, 0.2) is 24.3 Å². The van der Waals surface area contributed by atoms with Crippen molar-refractivity contribution in [3.63, 3.8) is 0 Å². The molecule has 0 heterocycles. The highest BCUT2D eigenvalue weighted by atomic mass is 31.2. The maximum absolute atomic E-state index is 12.2.